The fraction of sp³-hybridized carbons (Fsp3) is 0.750. The van der Waals surface area contributed by atoms with Crippen molar-refractivity contribution in [2.75, 3.05) is 0 Å². The van der Waals surface area contributed by atoms with E-state index in [2.05, 4.69) is 18.3 Å². The Morgan fingerprint density at radius 3 is 2.89 bits per heavy atom. The van der Waals surface area contributed by atoms with Gasteiger partial charge in [-0.05, 0) is 56.6 Å². The van der Waals surface area contributed by atoms with Gasteiger partial charge in [0.25, 0.3) is 0 Å². The van der Waals surface area contributed by atoms with Crippen LogP contribution in [-0.4, -0.2) is 12.1 Å². The second kappa shape index (κ2) is 5.48. The minimum absolute atomic E-state index is 0.527. The van der Waals surface area contributed by atoms with E-state index in [9.17, 15) is 0 Å². The molecule has 2 heteroatoms. The van der Waals surface area contributed by atoms with Gasteiger partial charge in [-0.15, -0.1) is 0 Å². The lowest BCUT2D eigenvalue weighted by Crippen LogP contribution is -2.41. The van der Waals surface area contributed by atoms with Crippen LogP contribution in [0.2, 0.25) is 0 Å². The molecule has 0 saturated heterocycles. The zero-order valence-corrected chi connectivity index (χ0v) is 11.4. The van der Waals surface area contributed by atoms with Crippen LogP contribution in [0.3, 0.4) is 0 Å². The van der Waals surface area contributed by atoms with E-state index < -0.39 is 0 Å². The largest absolute Gasteiger partial charge is 0.469 e. The molecule has 2 nitrogen and oxygen atoms in total. The SMILES string of the molecule is CC(Cc1ccco1)NC1CCCC(C2CC2)C1. The van der Waals surface area contributed by atoms with Gasteiger partial charge in [0.1, 0.15) is 5.76 Å². The van der Waals surface area contributed by atoms with Crippen molar-refractivity contribution in [3.63, 3.8) is 0 Å². The molecule has 0 aliphatic heterocycles. The zero-order valence-electron chi connectivity index (χ0n) is 11.4. The molecule has 3 atom stereocenters. The molecule has 2 aliphatic rings. The van der Waals surface area contributed by atoms with Gasteiger partial charge in [-0.1, -0.05) is 12.8 Å². The molecule has 1 heterocycles. The van der Waals surface area contributed by atoms with Crippen LogP contribution in [0.1, 0.15) is 51.2 Å². The number of nitrogens with one attached hydrogen (secondary N) is 1. The van der Waals surface area contributed by atoms with Gasteiger partial charge in [0.15, 0.2) is 0 Å². The number of rotatable bonds is 5. The van der Waals surface area contributed by atoms with E-state index in [1.54, 1.807) is 6.26 Å². The van der Waals surface area contributed by atoms with Crippen LogP contribution in [0.5, 0.6) is 0 Å². The third-order valence-electron chi connectivity index (χ3n) is 4.61. The lowest BCUT2D eigenvalue weighted by Gasteiger charge is -2.32. The first-order valence-electron chi connectivity index (χ1n) is 7.59. The molecule has 2 saturated carbocycles. The van der Waals surface area contributed by atoms with E-state index in [4.69, 9.17) is 4.42 Å². The van der Waals surface area contributed by atoms with Gasteiger partial charge in [-0.3, -0.25) is 0 Å². The van der Waals surface area contributed by atoms with E-state index in [1.807, 2.05) is 6.07 Å². The third-order valence-corrected chi connectivity index (χ3v) is 4.61. The predicted molar refractivity (Wildman–Crippen MR) is 73.5 cm³/mol. The molecule has 0 aromatic carbocycles. The Labute approximate surface area is 110 Å². The summed E-state index contributed by atoms with van der Waals surface area (Å²) in [5.41, 5.74) is 0. The highest BCUT2D eigenvalue weighted by atomic mass is 16.3. The van der Waals surface area contributed by atoms with E-state index >= 15 is 0 Å². The molecule has 0 bridgehead atoms. The number of furan rings is 1. The first kappa shape index (κ1) is 12.3. The lowest BCUT2D eigenvalue weighted by molar-refractivity contribution is 0.246. The van der Waals surface area contributed by atoms with Crippen LogP contribution in [0.25, 0.3) is 0 Å². The van der Waals surface area contributed by atoms with Crippen molar-refractivity contribution in [2.24, 2.45) is 11.8 Å². The fourth-order valence-electron chi connectivity index (χ4n) is 3.57. The van der Waals surface area contributed by atoms with Crippen LogP contribution in [0.4, 0.5) is 0 Å². The molecule has 3 unspecified atom stereocenters. The maximum absolute atomic E-state index is 5.42. The molecule has 18 heavy (non-hydrogen) atoms. The number of hydrogen-bond donors (Lipinski definition) is 1. The molecule has 3 rings (SSSR count). The molecule has 1 aromatic heterocycles. The van der Waals surface area contributed by atoms with Crippen LogP contribution < -0.4 is 5.32 Å². The quantitative estimate of drug-likeness (QED) is 0.857. The van der Waals surface area contributed by atoms with E-state index in [-0.39, 0.29) is 0 Å². The van der Waals surface area contributed by atoms with Crippen molar-refractivity contribution >= 4 is 0 Å². The Balaban J connectivity index is 1.46. The Kier molecular flexibility index (Phi) is 3.74. The third kappa shape index (κ3) is 3.17. The van der Waals surface area contributed by atoms with Gasteiger partial charge in [0.2, 0.25) is 0 Å². The van der Waals surface area contributed by atoms with Gasteiger partial charge >= 0.3 is 0 Å². The second-order valence-electron chi connectivity index (χ2n) is 6.31. The molecule has 2 aliphatic carbocycles. The van der Waals surface area contributed by atoms with Crippen molar-refractivity contribution in [1.82, 2.24) is 5.32 Å². The number of hydrogen-bond acceptors (Lipinski definition) is 2. The summed E-state index contributed by atoms with van der Waals surface area (Å²) in [5.74, 6) is 3.20. The van der Waals surface area contributed by atoms with Crippen LogP contribution in [0.15, 0.2) is 22.8 Å². The van der Waals surface area contributed by atoms with E-state index in [0.717, 1.165) is 30.1 Å². The summed E-state index contributed by atoms with van der Waals surface area (Å²) in [5, 5.41) is 3.81. The predicted octanol–water partition coefficient (Wildman–Crippen LogP) is 3.77. The minimum Gasteiger partial charge on any atom is -0.469 e. The van der Waals surface area contributed by atoms with Crippen LogP contribution >= 0.6 is 0 Å². The topological polar surface area (TPSA) is 25.2 Å². The summed E-state index contributed by atoms with van der Waals surface area (Å²) >= 11 is 0. The zero-order chi connectivity index (χ0) is 12.4. The summed E-state index contributed by atoms with van der Waals surface area (Å²) in [6.07, 6.45) is 11.5. The van der Waals surface area contributed by atoms with Gasteiger partial charge in [-0.25, -0.2) is 0 Å². The standard InChI is InChI=1S/C16H25NO/c1-12(10-16-6-3-9-18-16)17-15-5-2-4-14(11-15)13-7-8-13/h3,6,9,12-15,17H,2,4-5,7-8,10-11H2,1H3. The van der Waals surface area contributed by atoms with Crippen molar-refractivity contribution in [3.05, 3.63) is 24.2 Å². The maximum Gasteiger partial charge on any atom is 0.105 e. The van der Waals surface area contributed by atoms with E-state index in [1.165, 1.54) is 38.5 Å². The van der Waals surface area contributed by atoms with Gasteiger partial charge in [0, 0.05) is 18.5 Å². The lowest BCUT2D eigenvalue weighted by atomic mass is 9.82. The Bertz CT molecular complexity index is 355. The fourth-order valence-corrected chi connectivity index (χ4v) is 3.57. The maximum atomic E-state index is 5.42. The smallest absolute Gasteiger partial charge is 0.105 e. The van der Waals surface area contributed by atoms with Crippen LogP contribution in [-0.2, 0) is 6.42 Å². The van der Waals surface area contributed by atoms with Crippen molar-refractivity contribution in [1.29, 1.82) is 0 Å². The highest BCUT2D eigenvalue weighted by Crippen LogP contribution is 2.43. The minimum atomic E-state index is 0.527. The molecular formula is C16H25NO. The van der Waals surface area contributed by atoms with Gasteiger partial charge in [0.05, 0.1) is 6.26 Å². The Morgan fingerprint density at radius 2 is 2.17 bits per heavy atom. The molecular weight excluding hydrogens is 222 g/mol. The summed E-state index contributed by atoms with van der Waals surface area (Å²) in [4.78, 5) is 0. The van der Waals surface area contributed by atoms with Crippen molar-refractivity contribution < 1.29 is 4.42 Å². The first-order chi connectivity index (χ1) is 8.81. The monoisotopic (exact) mass is 247 g/mol. The Morgan fingerprint density at radius 1 is 1.28 bits per heavy atom. The van der Waals surface area contributed by atoms with Crippen LogP contribution in [0, 0.1) is 11.8 Å². The van der Waals surface area contributed by atoms with Crippen molar-refractivity contribution in [3.8, 4) is 0 Å². The molecule has 1 N–H and O–H groups in total. The summed E-state index contributed by atoms with van der Waals surface area (Å²) in [6.45, 7) is 2.28. The summed E-state index contributed by atoms with van der Waals surface area (Å²) in [7, 11) is 0. The summed E-state index contributed by atoms with van der Waals surface area (Å²) < 4.78 is 5.42. The highest BCUT2D eigenvalue weighted by molar-refractivity contribution is 5.00. The highest BCUT2D eigenvalue weighted by Gasteiger charge is 2.34. The van der Waals surface area contributed by atoms with E-state index in [0.29, 0.717) is 6.04 Å². The molecule has 0 radical (unpaired) electrons. The normalized spacial score (nSPS) is 30.3. The molecule has 0 spiro atoms. The molecule has 0 amide bonds. The second-order valence-corrected chi connectivity index (χ2v) is 6.31. The molecule has 1 aromatic rings. The molecule has 100 valence electrons. The van der Waals surface area contributed by atoms with Gasteiger partial charge in [-0.2, -0.15) is 0 Å². The summed E-state index contributed by atoms with van der Waals surface area (Å²) in [6, 6.07) is 5.33. The average Bonchev–Trinajstić information content (AvgIpc) is 3.09. The Hall–Kier alpha value is -0.760. The average molecular weight is 247 g/mol. The molecule has 2 fully saturated rings. The first-order valence-corrected chi connectivity index (χ1v) is 7.59. The van der Waals surface area contributed by atoms with Crippen molar-refractivity contribution in [2.45, 2.75) is 64.0 Å². The van der Waals surface area contributed by atoms with Gasteiger partial charge < -0.3 is 9.73 Å².